The summed E-state index contributed by atoms with van der Waals surface area (Å²) in [6.07, 6.45) is 0. The van der Waals surface area contributed by atoms with Crippen LogP contribution in [-0.4, -0.2) is 60.2 Å². The third kappa shape index (κ3) is 10.6. The molecule has 0 amide bonds. The zero-order valence-electron chi connectivity index (χ0n) is 67.1. The third-order valence-electron chi connectivity index (χ3n) is 26.3. The van der Waals surface area contributed by atoms with Crippen molar-refractivity contribution in [3.8, 4) is 96.0 Å². The van der Waals surface area contributed by atoms with Crippen molar-refractivity contribution >= 4 is 127 Å². The first kappa shape index (κ1) is 71.5. The van der Waals surface area contributed by atoms with Gasteiger partial charge in [0.05, 0.1) is 0 Å². The topological polar surface area (TPSA) is 66.3 Å². The molecule has 7 heterocycles. The molecule has 5 aromatic heterocycles. The van der Waals surface area contributed by atoms with Crippen molar-refractivity contribution in [3.63, 3.8) is 0 Å². The normalized spacial score (nSPS) is 13.5. The van der Waals surface area contributed by atoms with Crippen molar-refractivity contribution in [2.75, 3.05) is 0 Å². The Balaban J connectivity index is 0.000000138. The predicted octanol–water partition coefficient (Wildman–Crippen LogP) is 21.9. The molecule has 0 fully saturated rings. The van der Waals surface area contributed by atoms with Crippen molar-refractivity contribution in [3.05, 3.63) is 442 Å². The van der Waals surface area contributed by atoms with Crippen LogP contribution in [0.4, 0.5) is 0 Å². The van der Waals surface area contributed by atoms with Crippen LogP contribution in [0.3, 0.4) is 0 Å². The molecule has 1 aliphatic carbocycles. The first-order chi connectivity index (χ1) is 60.3. The second-order valence-corrected chi connectivity index (χ2v) is 48.4. The van der Waals surface area contributed by atoms with E-state index < -0.39 is 26.5 Å². The van der Waals surface area contributed by atoms with Crippen molar-refractivity contribution in [1.82, 2.24) is 33.6 Å². The van der Waals surface area contributed by atoms with Gasteiger partial charge in [0.15, 0.2) is 0 Å². The number of nitrogens with zero attached hydrogens (tertiary/aromatic N) is 7. The van der Waals surface area contributed by atoms with Crippen LogP contribution in [0.2, 0.25) is 0 Å². The third-order valence-corrected chi connectivity index (χ3v) is 46.7. The van der Waals surface area contributed by atoms with Crippen LogP contribution in [0.25, 0.3) is 161 Å². The zero-order chi connectivity index (χ0) is 80.8. The number of rotatable bonds is 11. The number of fused-ring (bicyclic) bond motifs is 18. The van der Waals surface area contributed by atoms with Crippen molar-refractivity contribution in [2.45, 2.75) is 19.3 Å². The van der Waals surface area contributed by atoms with Crippen molar-refractivity contribution in [2.24, 2.45) is 0 Å². The number of hydrogen-bond donors (Lipinski definition) is 0. The van der Waals surface area contributed by atoms with Gasteiger partial charge in [0.1, 0.15) is 0 Å². The van der Waals surface area contributed by atoms with Gasteiger partial charge >= 0.3 is 639 Å². The Bertz CT molecular complexity index is 7880. The summed E-state index contributed by atoms with van der Waals surface area (Å²) in [5, 5.41) is 7.37. The second kappa shape index (κ2) is 28.3. The van der Waals surface area contributed by atoms with Crippen molar-refractivity contribution < 1.29 is 0 Å². The van der Waals surface area contributed by atoms with Crippen LogP contribution in [0.5, 0.6) is 0 Å². The molecule has 2 aliphatic heterocycles. The van der Waals surface area contributed by atoms with E-state index in [4.69, 9.17) is 19.9 Å². The summed E-state index contributed by atoms with van der Waals surface area (Å²) in [6, 6.07) is 158. The predicted molar refractivity (Wildman–Crippen MR) is 512 cm³/mol. The Hall–Kier alpha value is -14.6. The molecule has 0 unspecified atom stereocenters. The Morgan fingerprint density at radius 3 is 0.984 bits per heavy atom. The fraction of sp³-hybridized carbons (Fsp3) is 0.0265. The minimum atomic E-state index is -3.71. The number of benzene rings is 17. The van der Waals surface area contributed by atoms with E-state index >= 15 is 0 Å². The number of hydrogen-bond acceptors (Lipinski definition) is 4. The fourth-order valence-electron chi connectivity index (χ4n) is 21.1. The van der Waals surface area contributed by atoms with Gasteiger partial charge in [0.25, 0.3) is 0 Å². The van der Waals surface area contributed by atoms with Gasteiger partial charge in [0, 0.05) is 0 Å². The van der Waals surface area contributed by atoms with E-state index in [0.29, 0.717) is 5.82 Å². The second-order valence-electron chi connectivity index (χ2n) is 32.9. The van der Waals surface area contributed by atoms with E-state index in [0.717, 1.165) is 84.5 Å². The Morgan fingerprint density at radius 2 is 0.541 bits per heavy atom. The van der Waals surface area contributed by atoms with Crippen LogP contribution in [0, 0.1) is 0 Å². The van der Waals surface area contributed by atoms with Gasteiger partial charge in [-0.05, 0) is 18.2 Å². The van der Waals surface area contributed by atoms with Gasteiger partial charge in [-0.3, -0.25) is 0 Å². The van der Waals surface area contributed by atoms with E-state index in [1.807, 2.05) is 0 Å². The minimum absolute atomic E-state index is 0.128. The van der Waals surface area contributed by atoms with Crippen molar-refractivity contribution in [1.29, 1.82) is 0 Å². The molecule has 0 atom stereocenters. The van der Waals surface area contributed by atoms with Crippen LogP contribution in [-0.2, 0) is 5.41 Å². The first-order valence-corrected chi connectivity index (χ1v) is 50.5. The summed E-state index contributed by atoms with van der Waals surface area (Å²) in [4.78, 5) is 23.1. The number of para-hydroxylation sites is 6. The Kier molecular flexibility index (Phi) is 16.6. The zero-order valence-corrected chi connectivity index (χ0v) is 71.3. The molecule has 9 heteroatoms. The molecule has 0 saturated heterocycles. The Morgan fingerprint density at radius 1 is 0.221 bits per heavy atom. The molecule has 3 aliphatic rings. The van der Waals surface area contributed by atoms with E-state index in [9.17, 15) is 0 Å². The summed E-state index contributed by atoms with van der Waals surface area (Å²) < 4.78 is 18.2. The molecule has 0 spiro atoms. The molecule has 572 valence electrons. The molecule has 25 rings (SSSR count). The van der Waals surface area contributed by atoms with E-state index in [1.54, 1.807) is 0 Å². The monoisotopic (exact) mass is 1680 g/mol. The fourth-order valence-corrected chi connectivity index (χ4v) is 43.1. The maximum absolute atomic E-state index is 5.80. The van der Waals surface area contributed by atoms with E-state index in [2.05, 4.69) is 458 Å². The molecule has 0 bridgehead atoms. The molecule has 7 nitrogen and oxygen atoms in total. The summed E-state index contributed by atoms with van der Waals surface area (Å²) in [6.45, 7) is 4.72. The molecule has 122 heavy (non-hydrogen) atoms. The van der Waals surface area contributed by atoms with Crippen LogP contribution in [0.1, 0.15) is 25.0 Å². The summed E-state index contributed by atoms with van der Waals surface area (Å²) in [7, 11) is 0. The molecule has 22 aromatic rings. The quantitative estimate of drug-likeness (QED) is 0.121. The average molecular weight is 1680 g/mol. The van der Waals surface area contributed by atoms with Gasteiger partial charge < -0.3 is 0 Å². The van der Waals surface area contributed by atoms with E-state index in [1.165, 1.54) is 117 Å². The van der Waals surface area contributed by atoms with Crippen LogP contribution >= 0.6 is 0 Å². The SMILES string of the molecule is CC1(C)c2ccccc2-c2cc3c4ccccc4n(-c4ccccc4-c4nc(-c5ccccc5)[c]5c(n4)-c4cccc[c]4[Ge]5([c]4ccccc4)[c]4ccccc4)c3cc21.c1ccc(-c2nc(-c3ccccc3-n3c4ccccc4c4cc5c6ccccc6n(-c6ccccc6)c5cc43)nc3[c]2[Ge]([c]2ccccc2)([c]2ccccc2)[c]2ccccc2-3)cc1. The van der Waals surface area contributed by atoms with E-state index in [-0.39, 0.29) is 5.41 Å². The summed E-state index contributed by atoms with van der Waals surface area (Å²) in [5.41, 5.74) is 26.2. The van der Waals surface area contributed by atoms with Gasteiger partial charge in [-0.2, -0.15) is 0 Å². The number of aromatic nitrogens is 7. The van der Waals surface area contributed by atoms with Gasteiger partial charge in [-0.1, -0.05) is 60.7 Å². The average Bonchev–Trinajstić information content (AvgIpc) is 1.56. The van der Waals surface area contributed by atoms with Gasteiger partial charge in [0.2, 0.25) is 0 Å². The van der Waals surface area contributed by atoms with Crippen LogP contribution < -0.4 is 35.2 Å². The summed E-state index contributed by atoms with van der Waals surface area (Å²) in [5.74, 6) is 1.44. The summed E-state index contributed by atoms with van der Waals surface area (Å²) >= 11 is -7.40. The molecular weight excluding hydrogens is 1600 g/mol. The molecule has 0 saturated carbocycles. The van der Waals surface area contributed by atoms with Crippen LogP contribution in [0.15, 0.2) is 431 Å². The molecule has 17 aromatic carbocycles. The molecule has 0 radical (unpaired) electrons. The molecule has 0 N–H and O–H groups in total. The maximum atomic E-state index is 5.80. The standard InChI is InChI=1S/C58H38GeN4.C55H39GeN3/c1-5-21-39(22-6-1)56-55-57(45-31-13-17-33-49(45)59(55,40-23-7-2-8-24-40)41-25-9-3-10-26-41)61-58(60-56)46-32-16-20-36-52(46)63-51-35-19-15-30-44(51)48-37-47-43-29-14-18-34-50(43)62(53(47)38-54(48)63)42-27-11-4-12-28-42;1-55(2)45-30-16-12-26-39(45)43-34-44-40-27-14-18-32-48(40)59(50(44)35-46(43)55)49-33-19-15-29-42(49)54-57-52(36-20-6-3-7-21-36)51-53(58-54)41-28-13-17-31-47(41)56(51,37-22-8-4-9-23-37)38-24-10-5-11-25-38/h1-38H;3-35H,1-2H3. The van der Waals surface area contributed by atoms with Gasteiger partial charge in [-0.15, -0.1) is 0 Å². The first-order valence-electron chi connectivity index (χ1n) is 42.1. The van der Waals surface area contributed by atoms with Gasteiger partial charge in [-0.25, -0.2) is 0 Å². The molecular formula is C113H77Ge2N7. The Labute approximate surface area is 712 Å².